The van der Waals surface area contributed by atoms with Gasteiger partial charge in [-0.3, -0.25) is 0 Å². The molecule has 0 aliphatic rings. The van der Waals surface area contributed by atoms with Crippen molar-refractivity contribution in [2.24, 2.45) is 0 Å². The molecule has 0 aliphatic heterocycles. The molecular formula is C24H14BrClO2. The summed E-state index contributed by atoms with van der Waals surface area (Å²) in [5.41, 5.74) is 4.00. The molecule has 0 atom stereocenters. The highest BCUT2D eigenvalue weighted by atomic mass is 79.9. The average Bonchev–Trinajstić information content (AvgIpc) is 3.05. The summed E-state index contributed by atoms with van der Waals surface area (Å²) in [6.45, 7) is 0. The number of hydrogen-bond donors (Lipinski definition) is 0. The summed E-state index contributed by atoms with van der Waals surface area (Å²) >= 11 is 9.51. The van der Waals surface area contributed by atoms with Crippen molar-refractivity contribution < 1.29 is 9.15 Å². The predicted octanol–water partition coefficient (Wildman–Crippen LogP) is 8.46. The number of para-hydroxylation sites is 1. The third-order valence-electron chi connectivity index (χ3n) is 4.64. The van der Waals surface area contributed by atoms with Gasteiger partial charge in [0.2, 0.25) is 0 Å². The van der Waals surface area contributed by atoms with Crippen LogP contribution in [-0.4, -0.2) is 0 Å². The number of halogens is 2. The van der Waals surface area contributed by atoms with Crippen LogP contribution in [0.4, 0.5) is 0 Å². The Labute approximate surface area is 175 Å². The predicted molar refractivity (Wildman–Crippen MR) is 118 cm³/mol. The quantitative estimate of drug-likeness (QED) is 0.275. The van der Waals surface area contributed by atoms with Crippen molar-refractivity contribution in [2.75, 3.05) is 0 Å². The summed E-state index contributed by atoms with van der Waals surface area (Å²) in [6, 6.07) is 27.9. The van der Waals surface area contributed by atoms with E-state index in [2.05, 4.69) is 40.2 Å². The molecule has 0 aliphatic carbocycles. The highest BCUT2D eigenvalue weighted by Crippen LogP contribution is 2.33. The minimum Gasteiger partial charge on any atom is -0.457 e. The van der Waals surface area contributed by atoms with E-state index in [-0.39, 0.29) is 0 Å². The molecule has 0 amide bonds. The van der Waals surface area contributed by atoms with Crippen molar-refractivity contribution in [1.82, 2.24) is 0 Å². The first-order valence-electron chi connectivity index (χ1n) is 8.81. The first kappa shape index (κ1) is 17.4. The zero-order chi connectivity index (χ0) is 19.1. The molecule has 5 rings (SSSR count). The molecule has 0 saturated carbocycles. The molecule has 5 aromatic rings. The minimum atomic E-state index is 0.625. The third-order valence-corrected chi connectivity index (χ3v) is 5.31. The van der Waals surface area contributed by atoms with Crippen LogP contribution in [0.5, 0.6) is 11.5 Å². The Morgan fingerprint density at radius 1 is 0.679 bits per heavy atom. The van der Waals surface area contributed by atoms with Gasteiger partial charge in [-0.25, -0.2) is 0 Å². The molecule has 1 aromatic heterocycles. The van der Waals surface area contributed by atoms with E-state index in [4.69, 9.17) is 20.8 Å². The van der Waals surface area contributed by atoms with E-state index in [1.807, 2.05) is 54.6 Å². The molecule has 1 heterocycles. The van der Waals surface area contributed by atoms with E-state index in [1.54, 1.807) is 6.07 Å². The van der Waals surface area contributed by atoms with Gasteiger partial charge in [0.05, 0.1) is 0 Å². The van der Waals surface area contributed by atoms with Gasteiger partial charge >= 0.3 is 0 Å². The number of rotatable bonds is 3. The Kier molecular flexibility index (Phi) is 4.34. The van der Waals surface area contributed by atoms with Crippen LogP contribution in [-0.2, 0) is 0 Å². The normalized spacial score (nSPS) is 11.2. The highest BCUT2D eigenvalue weighted by molar-refractivity contribution is 9.10. The Balaban J connectivity index is 1.45. The van der Waals surface area contributed by atoms with Crippen molar-refractivity contribution in [2.45, 2.75) is 0 Å². The van der Waals surface area contributed by atoms with E-state index in [9.17, 15) is 0 Å². The van der Waals surface area contributed by atoms with Crippen molar-refractivity contribution in [3.05, 3.63) is 94.4 Å². The Bertz CT molecular complexity index is 1290. The van der Waals surface area contributed by atoms with Gasteiger partial charge in [-0.2, -0.15) is 0 Å². The maximum Gasteiger partial charge on any atom is 0.136 e. The second-order valence-corrected chi connectivity index (χ2v) is 7.89. The molecule has 0 fully saturated rings. The first-order chi connectivity index (χ1) is 13.7. The highest BCUT2D eigenvalue weighted by Gasteiger charge is 2.08. The third kappa shape index (κ3) is 3.28. The van der Waals surface area contributed by atoms with Crippen LogP contribution >= 0.6 is 27.5 Å². The van der Waals surface area contributed by atoms with Crippen LogP contribution in [0, 0.1) is 0 Å². The topological polar surface area (TPSA) is 22.4 Å². The molecule has 0 N–H and O–H groups in total. The Hall–Kier alpha value is -2.75. The first-order valence-corrected chi connectivity index (χ1v) is 9.98. The maximum absolute atomic E-state index is 6.08. The van der Waals surface area contributed by atoms with Gasteiger partial charge in [-0.15, -0.1) is 0 Å². The molecule has 2 nitrogen and oxygen atoms in total. The molecule has 0 unspecified atom stereocenters. The second kappa shape index (κ2) is 7.01. The van der Waals surface area contributed by atoms with Gasteiger partial charge in [-0.05, 0) is 59.7 Å². The Morgan fingerprint density at radius 3 is 2.25 bits per heavy atom. The van der Waals surface area contributed by atoms with E-state index in [0.717, 1.165) is 43.3 Å². The SMILES string of the molecule is Clc1cc(Br)cc(Oc2ccc(-c3ccc4c(c3)oc3ccccc34)cc2)c1. The molecule has 0 radical (unpaired) electrons. The fourth-order valence-corrected chi connectivity index (χ4v) is 4.17. The van der Waals surface area contributed by atoms with E-state index in [0.29, 0.717) is 10.8 Å². The molecule has 4 aromatic carbocycles. The molecule has 4 heteroatoms. The molecule has 0 saturated heterocycles. The largest absolute Gasteiger partial charge is 0.457 e. The Morgan fingerprint density at radius 2 is 1.43 bits per heavy atom. The number of fused-ring (bicyclic) bond motifs is 3. The van der Waals surface area contributed by atoms with Gasteiger partial charge in [0, 0.05) is 20.3 Å². The molecule has 28 heavy (non-hydrogen) atoms. The zero-order valence-corrected chi connectivity index (χ0v) is 17.0. The number of benzene rings is 4. The van der Waals surface area contributed by atoms with Crippen LogP contribution < -0.4 is 4.74 Å². The number of furan rings is 1. The van der Waals surface area contributed by atoms with Gasteiger partial charge in [-0.1, -0.05) is 63.9 Å². The average molecular weight is 450 g/mol. The summed E-state index contributed by atoms with van der Waals surface area (Å²) in [5, 5.41) is 2.89. The second-order valence-electron chi connectivity index (χ2n) is 6.54. The van der Waals surface area contributed by atoms with E-state index in [1.165, 1.54) is 0 Å². The number of ether oxygens (including phenoxy) is 1. The van der Waals surface area contributed by atoms with Crippen molar-refractivity contribution >= 4 is 49.5 Å². The lowest BCUT2D eigenvalue weighted by molar-refractivity contribution is 0.482. The van der Waals surface area contributed by atoms with Gasteiger partial charge < -0.3 is 9.15 Å². The van der Waals surface area contributed by atoms with Gasteiger partial charge in [0.1, 0.15) is 22.7 Å². The molecular weight excluding hydrogens is 436 g/mol. The van der Waals surface area contributed by atoms with E-state index >= 15 is 0 Å². The fourth-order valence-electron chi connectivity index (χ4n) is 3.34. The lowest BCUT2D eigenvalue weighted by Gasteiger charge is -2.08. The maximum atomic E-state index is 6.08. The molecule has 136 valence electrons. The lowest BCUT2D eigenvalue weighted by atomic mass is 10.0. The summed E-state index contributed by atoms with van der Waals surface area (Å²) in [5.74, 6) is 1.44. The van der Waals surface area contributed by atoms with Gasteiger partial charge in [0.15, 0.2) is 0 Å². The minimum absolute atomic E-state index is 0.625. The van der Waals surface area contributed by atoms with Crippen LogP contribution in [0.1, 0.15) is 0 Å². The van der Waals surface area contributed by atoms with Crippen molar-refractivity contribution in [1.29, 1.82) is 0 Å². The van der Waals surface area contributed by atoms with Crippen molar-refractivity contribution in [3.63, 3.8) is 0 Å². The summed E-state index contributed by atoms with van der Waals surface area (Å²) in [4.78, 5) is 0. The van der Waals surface area contributed by atoms with Crippen LogP contribution in [0.15, 0.2) is 93.8 Å². The summed E-state index contributed by atoms with van der Waals surface area (Å²) in [7, 11) is 0. The monoisotopic (exact) mass is 448 g/mol. The molecule has 0 spiro atoms. The van der Waals surface area contributed by atoms with E-state index < -0.39 is 0 Å². The van der Waals surface area contributed by atoms with Crippen LogP contribution in [0.25, 0.3) is 33.1 Å². The van der Waals surface area contributed by atoms with Crippen molar-refractivity contribution in [3.8, 4) is 22.6 Å². The number of hydrogen-bond acceptors (Lipinski definition) is 2. The summed E-state index contributed by atoms with van der Waals surface area (Å²) < 4.78 is 12.8. The van der Waals surface area contributed by atoms with Gasteiger partial charge in [0.25, 0.3) is 0 Å². The summed E-state index contributed by atoms with van der Waals surface area (Å²) in [6.07, 6.45) is 0. The standard InChI is InChI=1S/C24H14BrClO2/c25-17-12-18(26)14-20(13-17)27-19-8-5-15(6-9-19)16-7-10-22-21-3-1-2-4-23(21)28-24(22)11-16/h1-14H. The smallest absolute Gasteiger partial charge is 0.136 e. The lowest BCUT2D eigenvalue weighted by Crippen LogP contribution is -1.85. The van der Waals surface area contributed by atoms with Crippen LogP contribution in [0.2, 0.25) is 5.02 Å². The molecule has 0 bridgehead atoms. The zero-order valence-electron chi connectivity index (χ0n) is 14.7. The van der Waals surface area contributed by atoms with Crippen LogP contribution in [0.3, 0.4) is 0 Å². The fraction of sp³-hybridized carbons (Fsp3) is 0.